The lowest BCUT2D eigenvalue weighted by Gasteiger charge is -2.22. The molecular weight excluding hydrogens is 382 g/mol. The number of benzene rings is 2. The third-order valence-electron chi connectivity index (χ3n) is 4.41. The SMILES string of the molecule is CN1CCc2cc(Cl)c(O)cc2C(c2ccccc2)C1.O=C(O)C=CC(=O)O. The van der Waals surface area contributed by atoms with Crippen LogP contribution in [0, 0.1) is 0 Å². The largest absolute Gasteiger partial charge is 0.506 e. The number of aliphatic carboxylic acids is 2. The number of halogens is 1. The van der Waals surface area contributed by atoms with Gasteiger partial charge in [-0.15, -0.1) is 0 Å². The van der Waals surface area contributed by atoms with E-state index in [2.05, 4.69) is 36.2 Å². The number of phenolic OH excluding ortho intramolecular Hbond substituents is 1. The van der Waals surface area contributed by atoms with Crippen molar-refractivity contribution in [3.05, 3.63) is 76.3 Å². The smallest absolute Gasteiger partial charge is 0.328 e. The molecule has 7 heteroatoms. The van der Waals surface area contributed by atoms with Crippen LogP contribution in [0.2, 0.25) is 5.02 Å². The molecule has 1 aliphatic heterocycles. The van der Waals surface area contributed by atoms with Gasteiger partial charge in [-0.1, -0.05) is 41.9 Å². The van der Waals surface area contributed by atoms with Crippen LogP contribution in [0.4, 0.5) is 0 Å². The molecule has 6 nitrogen and oxygen atoms in total. The molecule has 3 rings (SSSR count). The van der Waals surface area contributed by atoms with Crippen molar-refractivity contribution in [1.82, 2.24) is 4.90 Å². The molecule has 1 unspecified atom stereocenters. The zero-order chi connectivity index (χ0) is 20.7. The van der Waals surface area contributed by atoms with Gasteiger partial charge >= 0.3 is 11.9 Å². The molecule has 0 spiro atoms. The van der Waals surface area contributed by atoms with E-state index in [4.69, 9.17) is 21.8 Å². The van der Waals surface area contributed by atoms with Crippen LogP contribution < -0.4 is 0 Å². The molecule has 0 bridgehead atoms. The predicted octanol–water partition coefficient (Wildman–Crippen LogP) is 3.38. The van der Waals surface area contributed by atoms with Gasteiger partial charge in [0.1, 0.15) is 5.75 Å². The Bertz CT molecular complexity index is 851. The minimum Gasteiger partial charge on any atom is -0.506 e. The number of hydrogen-bond acceptors (Lipinski definition) is 4. The Morgan fingerprint density at radius 3 is 2.29 bits per heavy atom. The second kappa shape index (κ2) is 9.92. The Morgan fingerprint density at radius 1 is 1.11 bits per heavy atom. The molecule has 0 saturated heterocycles. The van der Waals surface area contributed by atoms with Gasteiger partial charge in [0.2, 0.25) is 0 Å². The summed E-state index contributed by atoms with van der Waals surface area (Å²) in [7, 11) is 2.14. The number of aromatic hydroxyl groups is 1. The highest BCUT2D eigenvalue weighted by Crippen LogP contribution is 2.36. The van der Waals surface area contributed by atoms with Gasteiger partial charge in [-0.05, 0) is 42.3 Å². The first-order valence-electron chi connectivity index (χ1n) is 8.66. The van der Waals surface area contributed by atoms with Gasteiger partial charge in [0.15, 0.2) is 0 Å². The molecule has 0 saturated carbocycles. The first-order valence-corrected chi connectivity index (χ1v) is 9.04. The Morgan fingerprint density at radius 2 is 1.71 bits per heavy atom. The Labute approximate surface area is 168 Å². The Balaban J connectivity index is 0.000000300. The Kier molecular flexibility index (Phi) is 7.61. The summed E-state index contributed by atoms with van der Waals surface area (Å²) < 4.78 is 0. The van der Waals surface area contributed by atoms with Crippen molar-refractivity contribution in [1.29, 1.82) is 0 Å². The van der Waals surface area contributed by atoms with Crippen LogP contribution in [0.5, 0.6) is 5.75 Å². The van der Waals surface area contributed by atoms with Gasteiger partial charge in [0, 0.05) is 31.2 Å². The van der Waals surface area contributed by atoms with Crippen molar-refractivity contribution in [3.8, 4) is 5.75 Å². The van der Waals surface area contributed by atoms with E-state index in [0.29, 0.717) is 17.2 Å². The summed E-state index contributed by atoms with van der Waals surface area (Å²) in [4.78, 5) is 21.4. The predicted molar refractivity (Wildman–Crippen MR) is 107 cm³/mol. The zero-order valence-corrected chi connectivity index (χ0v) is 16.1. The maximum Gasteiger partial charge on any atom is 0.328 e. The van der Waals surface area contributed by atoms with Gasteiger partial charge in [-0.3, -0.25) is 0 Å². The van der Waals surface area contributed by atoms with Gasteiger partial charge in [0.05, 0.1) is 5.02 Å². The molecule has 0 fully saturated rings. The van der Waals surface area contributed by atoms with Gasteiger partial charge in [-0.25, -0.2) is 9.59 Å². The molecule has 1 atom stereocenters. The quantitative estimate of drug-likeness (QED) is 0.679. The number of fused-ring (bicyclic) bond motifs is 1. The van der Waals surface area contributed by atoms with Crippen molar-refractivity contribution in [3.63, 3.8) is 0 Å². The van der Waals surface area contributed by atoms with Crippen LogP contribution in [-0.4, -0.2) is 52.3 Å². The fraction of sp³-hybridized carbons (Fsp3) is 0.238. The standard InChI is InChI=1S/C17H18ClNO.C4H4O4/c1-19-8-7-13-9-16(18)17(20)10-14(13)15(11-19)12-5-3-2-4-6-12;5-3(6)1-2-4(7)8/h2-6,9-10,15,20H,7-8,11H2,1H3;1-2H,(H,5,6)(H,7,8). The Hall–Kier alpha value is -2.83. The molecule has 28 heavy (non-hydrogen) atoms. The highest BCUT2D eigenvalue weighted by atomic mass is 35.5. The topological polar surface area (TPSA) is 98.1 Å². The number of carboxylic acid groups (broad SMARTS) is 2. The van der Waals surface area contributed by atoms with Gasteiger partial charge < -0.3 is 20.2 Å². The van der Waals surface area contributed by atoms with E-state index in [1.54, 1.807) is 0 Å². The molecule has 0 aromatic heterocycles. The van der Waals surface area contributed by atoms with Crippen LogP contribution in [0.1, 0.15) is 22.6 Å². The van der Waals surface area contributed by atoms with E-state index in [0.717, 1.165) is 19.5 Å². The lowest BCUT2D eigenvalue weighted by molar-refractivity contribution is -0.134. The number of nitrogens with zero attached hydrogens (tertiary/aromatic N) is 1. The minimum absolute atomic E-state index is 0.177. The lowest BCUT2D eigenvalue weighted by atomic mass is 9.88. The zero-order valence-electron chi connectivity index (χ0n) is 15.4. The van der Waals surface area contributed by atoms with Gasteiger partial charge in [0.25, 0.3) is 0 Å². The summed E-state index contributed by atoms with van der Waals surface area (Å²) in [6.45, 7) is 1.97. The number of likely N-dealkylation sites (N-methyl/N-ethyl adjacent to an activating group) is 1. The summed E-state index contributed by atoms with van der Waals surface area (Å²) in [5, 5.41) is 26.0. The monoisotopic (exact) mass is 403 g/mol. The average molecular weight is 404 g/mol. The molecule has 0 aliphatic carbocycles. The van der Waals surface area contributed by atoms with Crippen molar-refractivity contribution in [2.24, 2.45) is 0 Å². The van der Waals surface area contributed by atoms with E-state index in [-0.39, 0.29) is 11.7 Å². The number of hydrogen-bond donors (Lipinski definition) is 3. The van der Waals surface area contributed by atoms with Crippen molar-refractivity contribution < 1.29 is 24.9 Å². The third kappa shape index (κ3) is 6.11. The maximum absolute atomic E-state index is 9.95. The van der Waals surface area contributed by atoms with E-state index in [1.165, 1.54) is 16.7 Å². The third-order valence-corrected chi connectivity index (χ3v) is 4.71. The molecule has 148 valence electrons. The number of carboxylic acids is 2. The molecule has 2 aromatic carbocycles. The number of carbonyl (C=O) groups is 2. The second-order valence-corrected chi connectivity index (χ2v) is 6.89. The van der Waals surface area contributed by atoms with E-state index >= 15 is 0 Å². The summed E-state index contributed by atoms with van der Waals surface area (Å²) in [6.07, 6.45) is 2.08. The highest BCUT2D eigenvalue weighted by molar-refractivity contribution is 6.32. The second-order valence-electron chi connectivity index (χ2n) is 6.49. The molecule has 0 amide bonds. The lowest BCUT2D eigenvalue weighted by Crippen LogP contribution is -2.24. The maximum atomic E-state index is 9.95. The highest BCUT2D eigenvalue weighted by Gasteiger charge is 2.24. The summed E-state index contributed by atoms with van der Waals surface area (Å²) >= 11 is 6.07. The fourth-order valence-corrected chi connectivity index (χ4v) is 3.27. The van der Waals surface area contributed by atoms with Crippen LogP contribution in [0.25, 0.3) is 0 Å². The minimum atomic E-state index is -1.26. The van der Waals surface area contributed by atoms with Crippen LogP contribution >= 0.6 is 11.6 Å². The molecular formula is C21H22ClNO5. The number of phenols is 1. The first-order chi connectivity index (χ1) is 13.3. The fourth-order valence-electron chi connectivity index (χ4n) is 3.09. The van der Waals surface area contributed by atoms with Crippen molar-refractivity contribution in [2.45, 2.75) is 12.3 Å². The summed E-state index contributed by atoms with van der Waals surface area (Å²) in [5.74, 6) is -2.06. The average Bonchev–Trinajstić information content (AvgIpc) is 2.81. The molecule has 2 aromatic rings. The van der Waals surface area contributed by atoms with Gasteiger partial charge in [-0.2, -0.15) is 0 Å². The van der Waals surface area contributed by atoms with Crippen LogP contribution in [0.3, 0.4) is 0 Å². The molecule has 1 heterocycles. The normalized spacial score (nSPS) is 16.6. The van der Waals surface area contributed by atoms with E-state index in [9.17, 15) is 14.7 Å². The summed E-state index contributed by atoms with van der Waals surface area (Å²) in [5.41, 5.74) is 3.72. The summed E-state index contributed by atoms with van der Waals surface area (Å²) in [6, 6.07) is 14.2. The first kappa shape index (κ1) is 21.5. The van der Waals surface area contributed by atoms with E-state index < -0.39 is 11.9 Å². The molecule has 1 aliphatic rings. The number of rotatable bonds is 3. The van der Waals surface area contributed by atoms with Crippen LogP contribution in [-0.2, 0) is 16.0 Å². The van der Waals surface area contributed by atoms with Crippen molar-refractivity contribution >= 4 is 23.5 Å². The molecule has 0 radical (unpaired) electrons. The molecule has 3 N–H and O–H groups in total. The van der Waals surface area contributed by atoms with Crippen molar-refractivity contribution in [2.75, 3.05) is 20.1 Å². The van der Waals surface area contributed by atoms with Crippen LogP contribution in [0.15, 0.2) is 54.6 Å². The van der Waals surface area contributed by atoms with E-state index in [1.807, 2.05) is 18.2 Å².